The molecule has 1 aromatic rings. The van der Waals surface area contributed by atoms with E-state index in [0.717, 1.165) is 18.4 Å². The number of rotatable bonds is 8. The van der Waals surface area contributed by atoms with Gasteiger partial charge in [0.15, 0.2) is 5.92 Å². The molecule has 0 amide bonds. The number of benzene rings is 1. The van der Waals surface area contributed by atoms with Crippen LogP contribution in [0.15, 0.2) is 43.0 Å². The molecule has 1 rings (SSSR count). The summed E-state index contributed by atoms with van der Waals surface area (Å²) in [6.45, 7) is 3.75. The molecule has 4 heteroatoms. The highest BCUT2D eigenvalue weighted by atomic mass is 16.5. The van der Waals surface area contributed by atoms with Gasteiger partial charge in [-0.1, -0.05) is 36.4 Å². The maximum Gasteiger partial charge on any atom is 0.320 e. The second-order valence-electron chi connectivity index (χ2n) is 4.91. The molecule has 1 aromatic carbocycles. The average molecular weight is 290 g/mol. The maximum atomic E-state index is 11.8. The van der Waals surface area contributed by atoms with Crippen molar-refractivity contribution in [2.24, 2.45) is 11.8 Å². The second-order valence-corrected chi connectivity index (χ2v) is 4.91. The largest absolute Gasteiger partial charge is 0.468 e. The van der Waals surface area contributed by atoms with Crippen LogP contribution < -0.4 is 0 Å². The van der Waals surface area contributed by atoms with E-state index in [0.29, 0.717) is 6.42 Å². The van der Waals surface area contributed by atoms with Gasteiger partial charge < -0.3 is 9.47 Å². The van der Waals surface area contributed by atoms with Crippen LogP contribution in [0.25, 0.3) is 0 Å². The van der Waals surface area contributed by atoms with Crippen molar-refractivity contribution in [1.29, 1.82) is 0 Å². The summed E-state index contributed by atoms with van der Waals surface area (Å²) in [6.07, 6.45) is 3.69. The smallest absolute Gasteiger partial charge is 0.320 e. The molecule has 0 spiro atoms. The van der Waals surface area contributed by atoms with Gasteiger partial charge in [-0.05, 0) is 30.7 Å². The van der Waals surface area contributed by atoms with Gasteiger partial charge >= 0.3 is 11.9 Å². The summed E-state index contributed by atoms with van der Waals surface area (Å²) < 4.78 is 9.40. The van der Waals surface area contributed by atoms with Crippen molar-refractivity contribution in [2.45, 2.75) is 19.3 Å². The van der Waals surface area contributed by atoms with Crippen LogP contribution in [0.5, 0.6) is 0 Å². The first kappa shape index (κ1) is 17.0. The molecule has 0 unspecified atom stereocenters. The Hall–Kier alpha value is -2.10. The zero-order chi connectivity index (χ0) is 15.7. The lowest BCUT2D eigenvalue weighted by Gasteiger charge is -2.19. The highest BCUT2D eigenvalue weighted by Crippen LogP contribution is 2.23. The van der Waals surface area contributed by atoms with E-state index in [9.17, 15) is 9.59 Å². The van der Waals surface area contributed by atoms with Crippen molar-refractivity contribution < 1.29 is 19.1 Å². The molecule has 4 nitrogen and oxygen atoms in total. The van der Waals surface area contributed by atoms with Crippen LogP contribution >= 0.6 is 0 Å². The Morgan fingerprint density at radius 2 is 1.71 bits per heavy atom. The van der Waals surface area contributed by atoms with E-state index in [4.69, 9.17) is 9.47 Å². The number of carbonyl (C=O) groups excluding carboxylic acids is 2. The van der Waals surface area contributed by atoms with Crippen LogP contribution in [0.1, 0.15) is 18.4 Å². The number of esters is 2. The van der Waals surface area contributed by atoms with Crippen molar-refractivity contribution in [3.63, 3.8) is 0 Å². The summed E-state index contributed by atoms with van der Waals surface area (Å²) in [4.78, 5) is 23.5. The summed E-state index contributed by atoms with van der Waals surface area (Å²) in [5.74, 6) is -1.85. The molecular formula is C17H22O4. The van der Waals surface area contributed by atoms with Crippen LogP contribution in [0, 0.1) is 11.8 Å². The normalized spacial score (nSPS) is 11.8. The number of hydrogen-bond donors (Lipinski definition) is 0. The molecule has 0 aliphatic rings. The van der Waals surface area contributed by atoms with E-state index < -0.39 is 17.9 Å². The number of hydrogen-bond acceptors (Lipinski definition) is 4. The zero-order valence-electron chi connectivity index (χ0n) is 12.6. The average Bonchev–Trinajstić information content (AvgIpc) is 2.52. The molecule has 0 radical (unpaired) electrons. The highest BCUT2D eigenvalue weighted by molar-refractivity contribution is 5.94. The minimum absolute atomic E-state index is 0.132. The fourth-order valence-corrected chi connectivity index (χ4v) is 2.35. The van der Waals surface area contributed by atoms with E-state index in [2.05, 4.69) is 6.58 Å². The Labute approximate surface area is 125 Å². The molecule has 0 aromatic heterocycles. The van der Waals surface area contributed by atoms with E-state index in [1.165, 1.54) is 14.2 Å². The van der Waals surface area contributed by atoms with Crippen LogP contribution in [0.3, 0.4) is 0 Å². The summed E-state index contributed by atoms with van der Waals surface area (Å²) in [5, 5.41) is 0. The number of ether oxygens (including phenoxy) is 2. The number of methoxy groups -OCH3 is 2. The van der Waals surface area contributed by atoms with Gasteiger partial charge in [0.05, 0.1) is 14.2 Å². The highest BCUT2D eigenvalue weighted by Gasteiger charge is 2.31. The van der Waals surface area contributed by atoms with Crippen molar-refractivity contribution >= 4 is 11.9 Å². The minimum Gasteiger partial charge on any atom is -0.468 e. The molecule has 0 aliphatic heterocycles. The van der Waals surface area contributed by atoms with Crippen LogP contribution in [0.2, 0.25) is 0 Å². The quantitative estimate of drug-likeness (QED) is 0.420. The van der Waals surface area contributed by atoms with Gasteiger partial charge in [-0.3, -0.25) is 9.59 Å². The van der Waals surface area contributed by atoms with Crippen molar-refractivity contribution in [1.82, 2.24) is 0 Å². The van der Waals surface area contributed by atoms with Crippen molar-refractivity contribution in [3.05, 3.63) is 48.6 Å². The Morgan fingerprint density at radius 1 is 1.14 bits per heavy atom. The first-order valence-corrected chi connectivity index (χ1v) is 6.92. The monoisotopic (exact) mass is 290 g/mol. The molecule has 0 fully saturated rings. The Kier molecular flexibility index (Phi) is 7.23. The second kappa shape index (κ2) is 8.95. The minimum atomic E-state index is -0.881. The van der Waals surface area contributed by atoms with E-state index in [1.54, 1.807) is 6.08 Å². The fourth-order valence-electron chi connectivity index (χ4n) is 2.35. The Morgan fingerprint density at radius 3 is 2.19 bits per heavy atom. The predicted molar refractivity (Wildman–Crippen MR) is 80.6 cm³/mol. The lowest BCUT2D eigenvalue weighted by Crippen LogP contribution is -2.29. The zero-order valence-corrected chi connectivity index (χ0v) is 12.6. The topological polar surface area (TPSA) is 52.6 Å². The molecule has 0 heterocycles. The van der Waals surface area contributed by atoms with Crippen LogP contribution in [-0.2, 0) is 25.5 Å². The van der Waals surface area contributed by atoms with E-state index >= 15 is 0 Å². The molecule has 0 saturated heterocycles. The van der Waals surface area contributed by atoms with Gasteiger partial charge in [-0.15, -0.1) is 6.58 Å². The first-order chi connectivity index (χ1) is 10.1. The predicted octanol–water partition coefficient (Wildman–Crippen LogP) is 2.77. The van der Waals surface area contributed by atoms with Crippen LogP contribution in [-0.4, -0.2) is 26.2 Å². The Bertz CT molecular complexity index is 451. The summed E-state index contributed by atoms with van der Waals surface area (Å²) in [5.41, 5.74) is 1.16. The third-order valence-corrected chi connectivity index (χ3v) is 3.41. The third kappa shape index (κ3) is 5.42. The molecule has 0 saturated carbocycles. The molecule has 0 aliphatic carbocycles. The van der Waals surface area contributed by atoms with Gasteiger partial charge in [0.2, 0.25) is 0 Å². The molecule has 21 heavy (non-hydrogen) atoms. The van der Waals surface area contributed by atoms with Crippen molar-refractivity contribution in [3.8, 4) is 0 Å². The number of carbonyl (C=O) groups is 2. The van der Waals surface area contributed by atoms with Gasteiger partial charge in [-0.2, -0.15) is 0 Å². The summed E-state index contributed by atoms with van der Waals surface area (Å²) in [6, 6.07) is 9.96. The summed E-state index contributed by atoms with van der Waals surface area (Å²) >= 11 is 0. The third-order valence-electron chi connectivity index (χ3n) is 3.41. The van der Waals surface area contributed by atoms with Gasteiger partial charge in [0, 0.05) is 0 Å². The van der Waals surface area contributed by atoms with E-state index in [1.807, 2.05) is 30.3 Å². The fraction of sp³-hybridized carbons (Fsp3) is 0.412. The Balaban J connectivity index is 2.81. The first-order valence-electron chi connectivity index (χ1n) is 6.92. The van der Waals surface area contributed by atoms with E-state index in [-0.39, 0.29) is 5.92 Å². The lowest BCUT2D eigenvalue weighted by atomic mass is 9.87. The van der Waals surface area contributed by atoms with Crippen LogP contribution in [0.4, 0.5) is 0 Å². The van der Waals surface area contributed by atoms with Crippen molar-refractivity contribution in [2.75, 3.05) is 14.2 Å². The number of allylic oxidation sites excluding steroid dienone is 1. The van der Waals surface area contributed by atoms with Gasteiger partial charge in [0.25, 0.3) is 0 Å². The molecule has 0 bridgehead atoms. The molecular weight excluding hydrogens is 268 g/mol. The molecule has 114 valence electrons. The standard InChI is InChI=1S/C17H22O4/c1-4-8-14(11-13-9-6-5-7-10-13)12-15(16(18)20-2)17(19)21-3/h4-7,9-10,14-15H,1,8,11-12H2,2-3H3/t14-/m0/s1. The maximum absolute atomic E-state index is 11.8. The SMILES string of the molecule is C=CC[C@@H](Cc1ccccc1)CC(C(=O)OC)C(=O)OC. The van der Waals surface area contributed by atoms with Gasteiger partial charge in [-0.25, -0.2) is 0 Å². The summed E-state index contributed by atoms with van der Waals surface area (Å²) in [7, 11) is 2.55. The molecule has 0 N–H and O–H groups in total. The van der Waals surface area contributed by atoms with Gasteiger partial charge in [0.1, 0.15) is 0 Å². The lowest BCUT2D eigenvalue weighted by molar-refractivity contribution is -0.159. The molecule has 1 atom stereocenters.